The van der Waals surface area contributed by atoms with Gasteiger partial charge in [0.2, 0.25) is 5.91 Å². The van der Waals surface area contributed by atoms with Gasteiger partial charge in [0.15, 0.2) is 0 Å². The van der Waals surface area contributed by atoms with Gasteiger partial charge in [-0.05, 0) is 37.9 Å². The Hall–Kier alpha value is -1.00. The van der Waals surface area contributed by atoms with Crippen molar-refractivity contribution < 1.29 is 4.79 Å². The van der Waals surface area contributed by atoms with E-state index in [2.05, 4.69) is 29.7 Å². The lowest BCUT2D eigenvalue weighted by molar-refractivity contribution is -0.118. The minimum atomic E-state index is 0.122. The van der Waals surface area contributed by atoms with Crippen molar-refractivity contribution in [1.82, 2.24) is 10.6 Å². The SMILES string of the molecule is Cc1ccccc1SCC(=O)NCC1CCCN1. The predicted octanol–water partition coefficient (Wildman–Crippen LogP) is 1.96. The maximum atomic E-state index is 11.7. The van der Waals surface area contributed by atoms with Gasteiger partial charge in [0, 0.05) is 17.5 Å². The Bertz CT molecular complexity index is 403. The first-order valence-corrected chi connectivity index (χ1v) is 7.43. The predicted molar refractivity (Wildman–Crippen MR) is 75.9 cm³/mol. The highest BCUT2D eigenvalue weighted by atomic mass is 32.2. The fourth-order valence-corrected chi connectivity index (χ4v) is 2.94. The van der Waals surface area contributed by atoms with Crippen LogP contribution >= 0.6 is 11.8 Å². The molecule has 1 aromatic rings. The topological polar surface area (TPSA) is 41.1 Å². The summed E-state index contributed by atoms with van der Waals surface area (Å²) < 4.78 is 0. The Morgan fingerprint density at radius 1 is 1.50 bits per heavy atom. The van der Waals surface area contributed by atoms with E-state index in [9.17, 15) is 4.79 Å². The summed E-state index contributed by atoms with van der Waals surface area (Å²) in [5.41, 5.74) is 1.23. The minimum absolute atomic E-state index is 0.122. The Morgan fingerprint density at radius 2 is 2.33 bits per heavy atom. The Morgan fingerprint density at radius 3 is 3.06 bits per heavy atom. The molecule has 1 amide bonds. The van der Waals surface area contributed by atoms with E-state index in [0.717, 1.165) is 13.1 Å². The normalized spacial score (nSPS) is 18.8. The maximum Gasteiger partial charge on any atom is 0.230 e. The van der Waals surface area contributed by atoms with Crippen LogP contribution in [-0.4, -0.2) is 30.8 Å². The first-order valence-electron chi connectivity index (χ1n) is 6.44. The van der Waals surface area contributed by atoms with Gasteiger partial charge in [0.1, 0.15) is 0 Å². The monoisotopic (exact) mass is 264 g/mol. The molecule has 1 fully saturated rings. The molecule has 1 unspecified atom stereocenters. The summed E-state index contributed by atoms with van der Waals surface area (Å²) in [5.74, 6) is 0.620. The number of nitrogens with one attached hydrogen (secondary N) is 2. The molecule has 0 bridgehead atoms. The van der Waals surface area contributed by atoms with Crippen molar-refractivity contribution in [3.63, 3.8) is 0 Å². The molecule has 0 radical (unpaired) electrons. The van der Waals surface area contributed by atoms with Crippen LogP contribution in [0.5, 0.6) is 0 Å². The van der Waals surface area contributed by atoms with E-state index in [1.54, 1.807) is 11.8 Å². The lowest BCUT2D eigenvalue weighted by Crippen LogP contribution is -2.37. The summed E-state index contributed by atoms with van der Waals surface area (Å²) in [7, 11) is 0. The molecule has 1 saturated heterocycles. The minimum Gasteiger partial charge on any atom is -0.354 e. The van der Waals surface area contributed by atoms with Crippen LogP contribution in [0.3, 0.4) is 0 Å². The van der Waals surface area contributed by atoms with Crippen molar-refractivity contribution in [2.24, 2.45) is 0 Å². The first-order chi connectivity index (χ1) is 8.75. The van der Waals surface area contributed by atoms with E-state index in [0.29, 0.717) is 11.8 Å². The van der Waals surface area contributed by atoms with Gasteiger partial charge in [-0.2, -0.15) is 0 Å². The number of rotatable bonds is 5. The Kier molecular flexibility index (Phi) is 5.08. The number of hydrogen-bond acceptors (Lipinski definition) is 3. The Labute approximate surface area is 113 Å². The maximum absolute atomic E-state index is 11.7. The van der Waals surface area contributed by atoms with Crippen molar-refractivity contribution in [3.8, 4) is 0 Å². The lowest BCUT2D eigenvalue weighted by atomic mass is 10.2. The molecule has 0 aliphatic carbocycles. The van der Waals surface area contributed by atoms with Crippen molar-refractivity contribution in [1.29, 1.82) is 0 Å². The number of hydrogen-bond donors (Lipinski definition) is 2. The number of benzene rings is 1. The molecule has 0 saturated carbocycles. The molecule has 0 aromatic heterocycles. The molecular formula is C14H20N2OS. The van der Waals surface area contributed by atoms with Crippen molar-refractivity contribution >= 4 is 17.7 Å². The molecule has 1 aliphatic heterocycles. The van der Waals surface area contributed by atoms with Crippen LogP contribution < -0.4 is 10.6 Å². The van der Waals surface area contributed by atoms with Gasteiger partial charge < -0.3 is 10.6 Å². The largest absolute Gasteiger partial charge is 0.354 e. The second kappa shape index (κ2) is 6.81. The summed E-state index contributed by atoms with van der Waals surface area (Å²) in [6, 6.07) is 8.63. The van der Waals surface area contributed by atoms with Gasteiger partial charge in [-0.1, -0.05) is 18.2 Å². The van der Waals surface area contributed by atoms with E-state index in [1.165, 1.54) is 23.3 Å². The molecule has 0 spiro atoms. The van der Waals surface area contributed by atoms with Gasteiger partial charge in [-0.15, -0.1) is 11.8 Å². The first kappa shape index (κ1) is 13.4. The summed E-state index contributed by atoms with van der Waals surface area (Å²) in [4.78, 5) is 12.9. The molecule has 1 aromatic carbocycles. The number of carbonyl (C=O) groups excluding carboxylic acids is 1. The second-order valence-electron chi connectivity index (χ2n) is 4.65. The van der Waals surface area contributed by atoms with Gasteiger partial charge in [-0.25, -0.2) is 0 Å². The average Bonchev–Trinajstić information content (AvgIpc) is 2.88. The van der Waals surface area contributed by atoms with E-state index in [-0.39, 0.29) is 5.91 Å². The molecule has 18 heavy (non-hydrogen) atoms. The van der Waals surface area contributed by atoms with Crippen molar-refractivity contribution in [3.05, 3.63) is 29.8 Å². The number of thioether (sulfide) groups is 1. The van der Waals surface area contributed by atoms with Crippen molar-refractivity contribution in [2.45, 2.75) is 30.7 Å². The van der Waals surface area contributed by atoms with Crippen LogP contribution in [0.4, 0.5) is 0 Å². The van der Waals surface area contributed by atoms with Crippen LogP contribution in [-0.2, 0) is 4.79 Å². The summed E-state index contributed by atoms with van der Waals surface area (Å²) in [5, 5.41) is 6.37. The van der Waals surface area contributed by atoms with Gasteiger partial charge >= 0.3 is 0 Å². The van der Waals surface area contributed by atoms with Crippen molar-refractivity contribution in [2.75, 3.05) is 18.8 Å². The van der Waals surface area contributed by atoms with Crippen LogP contribution in [0.1, 0.15) is 18.4 Å². The number of aryl methyl sites for hydroxylation is 1. The van der Waals surface area contributed by atoms with E-state index in [4.69, 9.17) is 0 Å². The zero-order valence-corrected chi connectivity index (χ0v) is 11.6. The summed E-state index contributed by atoms with van der Waals surface area (Å²) >= 11 is 1.61. The van der Waals surface area contributed by atoms with Crippen LogP contribution in [0, 0.1) is 6.92 Å². The summed E-state index contributed by atoms with van der Waals surface area (Å²) in [6.45, 7) is 3.91. The van der Waals surface area contributed by atoms with Crippen LogP contribution in [0.2, 0.25) is 0 Å². The fourth-order valence-electron chi connectivity index (χ4n) is 2.08. The second-order valence-corrected chi connectivity index (χ2v) is 5.67. The highest BCUT2D eigenvalue weighted by molar-refractivity contribution is 8.00. The third-order valence-corrected chi connectivity index (χ3v) is 4.34. The van der Waals surface area contributed by atoms with Crippen LogP contribution in [0.25, 0.3) is 0 Å². The molecule has 2 N–H and O–H groups in total. The standard InChI is InChI=1S/C14H20N2OS/c1-11-5-2-3-7-13(11)18-10-14(17)16-9-12-6-4-8-15-12/h2-3,5,7,12,15H,4,6,8-10H2,1H3,(H,16,17). The van der Waals surface area contributed by atoms with E-state index >= 15 is 0 Å². The molecular weight excluding hydrogens is 244 g/mol. The molecule has 2 rings (SSSR count). The third kappa shape index (κ3) is 4.03. The number of carbonyl (C=O) groups is 1. The zero-order chi connectivity index (χ0) is 12.8. The number of amides is 1. The van der Waals surface area contributed by atoms with Crippen LogP contribution in [0.15, 0.2) is 29.2 Å². The van der Waals surface area contributed by atoms with E-state index < -0.39 is 0 Å². The third-order valence-electron chi connectivity index (χ3n) is 3.16. The highest BCUT2D eigenvalue weighted by Gasteiger charge is 2.14. The van der Waals surface area contributed by atoms with E-state index in [1.807, 2.05) is 12.1 Å². The average molecular weight is 264 g/mol. The fraction of sp³-hybridized carbons (Fsp3) is 0.500. The molecule has 1 atom stereocenters. The van der Waals surface area contributed by atoms with Gasteiger partial charge in [0.25, 0.3) is 0 Å². The van der Waals surface area contributed by atoms with Gasteiger partial charge in [-0.3, -0.25) is 4.79 Å². The lowest BCUT2D eigenvalue weighted by Gasteiger charge is -2.11. The molecule has 1 heterocycles. The highest BCUT2D eigenvalue weighted by Crippen LogP contribution is 2.21. The zero-order valence-electron chi connectivity index (χ0n) is 10.7. The summed E-state index contributed by atoms with van der Waals surface area (Å²) in [6.07, 6.45) is 2.39. The molecule has 98 valence electrons. The smallest absolute Gasteiger partial charge is 0.230 e. The molecule has 4 heteroatoms. The quantitative estimate of drug-likeness (QED) is 0.799. The molecule has 3 nitrogen and oxygen atoms in total. The Balaban J connectivity index is 1.69. The van der Waals surface area contributed by atoms with Gasteiger partial charge in [0.05, 0.1) is 5.75 Å². The molecule has 1 aliphatic rings.